The lowest BCUT2D eigenvalue weighted by molar-refractivity contribution is 0.680. The Kier molecular flexibility index (Phi) is 4.02. The predicted octanol–water partition coefficient (Wildman–Crippen LogP) is 2.18. The number of nitrogens with zero attached hydrogens (tertiary/aromatic N) is 2. The first-order valence-electron chi connectivity index (χ1n) is 5.36. The number of aryl methyl sites for hydroxylation is 1. The molecule has 0 aliphatic rings. The smallest absolute Gasteiger partial charge is 0.0937 e. The van der Waals surface area contributed by atoms with Crippen molar-refractivity contribution in [2.24, 2.45) is 0 Å². The molecule has 16 heavy (non-hydrogen) atoms. The van der Waals surface area contributed by atoms with Gasteiger partial charge in [-0.2, -0.15) is 0 Å². The number of hydrogen-bond donors (Lipinski definition) is 1. The van der Waals surface area contributed by atoms with Gasteiger partial charge in [-0.25, -0.2) is 4.98 Å². The molecule has 0 spiro atoms. The van der Waals surface area contributed by atoms with E-state index in [1.807, 2.05) is 30.8 Å². The summed E-state index contributed by atoms with van der Waals surface area (Å²) in [6, 6.07) is 4.09. The van der Waals surface area contributed by atoms with Crippen LogP contribution >= 0.6 is 11.3 Å². The summed E-state index contributed by atoms with van der Waals surface area (Å²) in [7, 11) is 0. The summed E-state index contributed by atoms with van der Waals surface area (Å²) in [4.78, 5) is 8.50. The summed E-state index contributed by atoms with van der Waals surface area (Å²) < 4.78 is 0. The van der Waals surface area contributed by atoms with Crippen LogP contribution in [0.15, 0.2) is 29.9 Å². The minimum Gasteiger partial charge on any atom is -0.312 e. The number of hydrogen-bond acceptors (Lipinski definition) is 4. The van der Waals surface area contributed by atoms with Crippen molar-refractivity contribution < 1.29 is 0 Å². The van der Waals surface area contributed by atoms with Crippen LogP contribution in [0.2, 0.25) is 0 Å². The van der Waals surface area contributed by atoms with E-state index < -0.39 is 0 Å². The van der Waals surface area contributed by atoms with Gasteiger partial charge < -0.3 is 5.32 Å². The second kappa shape index (κ2) is 5.72. The Morgan fingerprint density at radius 3 is 3.00 bits per heavy atom. The van der Waals surface area contributed by atoms with Crippen molar-refractivity contribution in [1.29, 1.82) is 0 Å². The lowest BCUT2D eigenvalue weighted by Crippen LogP contribution is -2.17. The highest BCUT2D eigenvalue weighted by Gasteiger charge is 1.98. The average molecular weight is 233 g/mol. The third kappa shape index (κ3) is 3.12. The van der Waals surface area contributed by atoms with Gasteiger partial charge in [0.1, 0.15) is 0 Å². The van der Waals surface area contributed by atoms with Gasteiger partial charge in [-0.1, -0.05) is 6.07 Å². The van der Waals surface area contributed by atoms with Gasteiger partial charge in [-0.15, -0.1) is 11.3 Å². The Morgan fingerprint density at radius 2 is 2.25 bits per heavy atom. The van der Waals surface area contributed by atoms with E-state index in [-0.39, 0.29) is 0 Å². The van der Waals surface area contributed by atoms with E-state index in [1.54, 1.807) is 11.3 Å². The summed E-state index contributed by atoms with van der Waals surface area (Å²) in [5.74, 6) is 0. The zero-order chi connectivity index (χ0) is 11.2. The lowest BCUT2D eigenvalue weighted by atomic mass is 10.2. The fourth-order valence-electron chi connectivity index (χ4n) is 1.50. The van der Waals surface area contributed by atoms with Crippen LogP contribution in [0, 0.1) is 6.92 Å². The summed E-state index contributed by atoms with van der Waals surface area (Å²) in [5, 5.41) is 6.61. The number of nitrogens with one attached hydrogen (secondary N) is 1. The van der Waals surface area contributed by atoms with Crippen LogP contribution in [-0.4, -0.2) is 16.5 Å². The molecule has 0 aliphatic heterocycles. The minimum atomic E-state index is 0.880. The maximum atomic E-state index is 4.26. The molecule has 2 rings (SSSR count). The molecule has 0 aliphatic carbocycles. The average Bonchev–Trinajstić information content (AvgIpc) is 2.79. The highest BCUT2D eigenvalue weighted by Crippen LogP contribution is 2.05. The Morgan fingerprint density at radius 1 is 1.31 bits per heavy atom. The first-order valence-corrected chi connectivity index (χ1v) is 6.24. The fraction of sp³-hybridized carbons (Fsp3) is 0.333. The monoisotopic (exact) mass is 233 g/mol. The SMILES string of the molecule is Cc1ncccc1CNCCc1nccs1. The van der Waals surface area contributed by atoms with Gasteiger partial charge in [0.2, 0.25) is 0 Å². The third-order valence-corrected chi connectivity index (χ3v) is 3.27. The molecule has 0 saturated carbocycles. The predicted molar refractivity (Wildman–Crippen MR) is 66.5 cm³/mol. The quantitative estimate of drug-likeness (QED) is 0.804. The highest BCUT2D eigenvalue weighted by atomic mass is 32.1. The van der Waals surface area contributed by atoms with Gasteiger partial charge in [0.25, 0.3) is 0 Å². The van der Waals surface area contributed by atoms with Crippen molar-refractivity contribution in [2.75, 3.05) is 6.54 Å². The first kappa shape index (κ1) is 11.2. The zero-order valence-electron chi connectivity index (χ0n) is 9.31. The van der Waals surface area contributed by atoms with Gasteiger partial charge in [0.15, 0.2) is 0 Å². The maximum absolute atomic E-state index is 4.26. The van der Waals surface area contributed by atoms with Crippen LogP contribution in [0.4, 0.5) is 0 Å². The molecule has 2 heterocycles. The van der Waals surface area contributed by atoms with E-state index in [1.165, 1.54) is 10.6 Å². The van der Waals surface area contributed by atoms with E-state index in [2.05, 4.69) is 21.4 Å². The second-order valence-electron chi connectivity index (χ2n) is 3.60. The molecule has 0 unspecified atom stereocenters. The molecule has 4 heteroatoms. The summed E-state index contributed by atoms with van der Waals surface area (Å²) in [6.45, 7) is 3.88. The van der Waals surface area contributed by atoms with E-state index in [0.29, 0.717) is 0 Å². The van der Waals surface area contributed by atoms with Crippen LogP contribution in [0.1, 0.15) is 16.3 Å². The molecule has 0 saturated heterocycles. The highest BCUT2D eigenvalue weighted by molar-refractivity contribution is 7.09. The Labute approximate surface area is 99.6 Å². The third-order valence-electron chi connectivity index (χ3n) is 2.43. The number of rotatable bonds is 5. The van der Waals surface area contributed by atoms with E-state index in [9.17, 15) is 0 Å². The zero-order valence-corrected chi connectivity index (χ0v) is 10.1. The molecule has 0 fully saturated rings. The fourth-order valence-corrected chi connectivity index (χ4v) is 2.12. The van der Waals surface area contributed by atoms with Gasteiger partial charge in [-0.3, -0.25) is 4.98 Å². The molecule has 1 N–H and O–H groups in total. The Balaban J connectivity index is 1.74. The summed E-state index contributed by atoms with van der Waals surface area (Å²) in [6.07, 6.45) is 4.68. The summed E-state index contributed by atoms with van der Waals surface area (Å²) >= 11 is 1.71. The lowest BCUT2D eigenvalue weighted by Gasteiger charge is -2.05. The van der Waals surface area contributed by atoms with Gasteiger partial charge >= 0.3 is 0 Å². The van der Waals surface area contributed by atoms with Crippen LogP contribution in [0.25, 0.3) is 0 Å². The summed E-state index contributed by atoms with van der Waals surface area (Å²) in [5.41, 5.74) is 2.37. The second-order valence-corrected chi connectivity index (χ2v) is 4.58. The molecular weight excluding hydrogens is 218 g/mol. The molecule has 2 aromatic heterocycles. The number of aromatic nitrogens is 2. The minimum absolute atomic E-state index is 0.880. The molecular formula is C12H15N3S. The maximum Gasteiger partial charge on any atom is 0.0937 e. The standard InChI is InChI=1S/C12H15N3S/c1-10-11(3-2-5-14-10)9-13-6-4-12-15-7-8-16-12/h2-3,5,7-8,13H,4,6,9H2,1H3. The van der Waals surface area contributed by atoms with E-state index >= 15 is 0 Å². The van der Waals surface area contributed by atoms with Crippen LogP contribution < -0.4 is 5.32 Å². The molecule has 0 radical (unpaired) electrons. The van der Waals surface area contributed by atoms with Crippen LogP contribution in [0.3, 0.4) is 0 Å². The van der Waals surface area contributed by atoms with Crippen molar-refractivity contribution in [2.45, 2.75) is 19.9 Å². The van der Waals surface area contributed by atoms with E-state index in [0.717, 1.165) is 25.2 Å². The molecule has 0 aromatic carbocycles. The molecule has 0 atom stereocenters. The molecule has 0 amide bonds. The molecule has 0 bridgehead atoms. The largest absolute Gasteiger partial charge is 0.312 e. The molecule has 84 valence electrons. The number of pyridine rings is 1. The normalized spacial score (nSPS) is 10.6. The van der Waals surface area contributed by atoms with Crippen LogP contribution in [0.5, 0.6) is 0 Å². The topological polar surface area (TPSA) is 37.8 Å². The number of thiazole rings is 1. The van der Waals surface area contributed by atoms with Crippen molar-refractivity contribution >= 4 is 11.3 Å². The Hall–Kier alpha value is -1.26. The van der Waals surface area contributed by atoms with E-state index in [4.69, 9.17) is 0 Å². The van der Waals surface area contributed by atoms with Gasteiger partial charge in [0.05, 0.1) is 5.01 Å². The van der Waals surface area contributed by atoms with Crippen molar-refractivity contribution in [3.8, 4) is 0 Å². The van der Waals surface area contributed by atoms with Crippen molar-refractivity contribution in [3.63, 3.8) is 0 Å². The van der Waals surface area contributed by atoms with Crippen molar-refractivity contribution in [1.82, 2.24) is 15.3 Å². The Bertz CT molecular complexity index is 426. The van der Waals surface area contributed by atoms with Crippen LogP contribution in [-0.2, 0) is 13.0 Å². The van der Waals surface area contributed by atoms with Gasteiger partial charge in [0, 0.05) is 43.0 Å². The van der Waals surface area contributed by atoms with Crippen molar-refractivity contribution in [3.05, 3.63) is 46.2 Å². The molecule has 3 nitrogen and oxygen atoms in total. The van der Waals surface area contributed by atoms with Gasteiger partial charge in [-0.05, 0) is 18.6 Å². The molecule has 2 aromatic rings. The first-order chi connectivity index (χ1) is 7.86.